The summed E-state index contributed by atoms with van der Waals surface area (Å²) in [7, 11) is 0. The summed E-state index contributed by atoms with van der Waals surface area (Å²) in [6.45, 7) is 2.81. The molecule has 4 rings (SSSR count). The fourth-order valence-corrected chi connectivity index (χ4v) is 4.57. The number of nitrogens with two attached hydrogens (primary N) is 4. The molecule has 18 heteroatoms. The third-order valence-electron chi connectivity index (χ3n) is 6.92. The maximum absolute atomic E-state index is 12.2. The highest BCUT2D eigenvalue weighted by Gasteiger charge is 2.60. The lowest BCUT2D eigenvalue weighted by Crippen LogP contribution is -2.65. The fourth-order valence-electron chi connectivity index (χ4n) is 4.57. The quantitative estimate of drug-likeness (QED) is 0.263. The maximum Gasteiger partial charge on any atom is 0.324 e. The predicted molar refractivity (Wildman–Crippen MR) is 120 cm³/mol. The van der Waals surface area contributed by atoms with Crippen LogP contribution < -0.4 is 22.9 Å². The third kappa shape index (κ3) is 8.62. The Bertz CT molecular complexity index is 847. The molecule has 0 saturated heterocycles. The number of carbonyl (C=O) groups is 4. The van der Waals surface area contributed by atoms with E-state index in [1.54, 1.807) is 0 Å². The number of hydrogen-bond acceptors (Lipinski definition) is 6. The highest BCUT2D eigenvalue weighted by atomic mass is 19.3. The first kappa shape index (κ1) is 35.3. The molecule has 0 atom stereocenters. The van der Waals surface area contributed by atoms with Crippen molar-refractivity contribution in [1.82, 2.24) is 0 Å². The second-order valence-corrected chi connectivity index (χ2v) is 11.6. The summed E-state index contributed by atoms with van der Waals surface area (Å²) in [4.78, 5) is 41.2. The minimum atomic E-state index is -2.87. The molecule has 0 aliphatic heterocycles. The summed E-state index contributed by atoms with van der Waals surface area (Å²) < 4.78 is 96.9. The summed E-state index contributed by atoms with van der Waals surface area (Å²) in [5.74, 6) is -15.0. The van der Waals surface area contributed by atoms with Gasteiger partial charge in [-0.3, -0.25) is 19.2 Å². The minimum absolute atomic E-state index is 0.394. The number of amides is 2. The Morgan fingerprint density at radius 2 is 0.775 bits per heavy atom. The van der Waals surface area contributed by atoms with Gasteiger partial charge in [0.05, 0.1) is 10.8 Å². The van der Waals surface area contributed by atoms with Crippen LogP contribution in [0.25, 0.3) is 0 Å². The van der Waals surface area contributed by atoms with Crippen LogP contribution in [0.3, 0.4) is 0 Å². The highest BCUT2D eigenvalue weighted by Crippen LogP contribution is 2.52. The number of carbonyl (C=O) groups excluding carboxylic acids is 2. The van der Waals surface area contributed by atoms with E-state index in [1.165, 1.54) is 13.8 Å². The molecule has 232 valence electrons. The molecule has 0 bridgehead atoms. The molecule has 0 unspecified atom stereocenters. The van der Waals surface area contributed by atoms with E-state index in [9.17, 15) is 54.3 Å². The number of halogens is 8. The van der Waals surface area contributed by atoms with Gasteiger partial charge in [-0.25, -0.2) is 35.1 Å². The van der Waals surface area contributed by atoms with Crippen molar-refractivity contribution in [1.29, 1.82) is 0 Å². The molecule has 0 aromatic carbocycles. The second kappa shape index (κ2) is 10.6. The van der Waals surface area contributed by atoms with Gasteiger partial charge in [0.25, 0.3) is 11.8 Å². The van der Waals surface area contributed by atoms with E-state index in [2.05, 4.69) is 0 Å². The first-order valence-electron chi connectivity index (χ1n) is 11.6. The summed E-state index contributed by atoms with van der Waals surface area (Å²) in [6.07, 6.45) is -4.54. The molecule has 40 heavy (non-hydrogen) atoms. The van der Waals surface area contributed by atoms with E-state index in [0.29, 0.717) is 0 Å². The van der Waals surface area contributed by atoms with Crippen molar-refractivity contribution in [2.45, 2.75) is 100.0 Å². The maximum atomic E-state index is 12.2. The van der Waals surface area contributed by atoms with Gasteiger partial charge in [0.1, 0.15) is 11.1 Å². The normalized spacial score (nSPS) is 27.1. The summed E-state index contributed by atoms with van der Waals surface area (Å²) in [6, 6.07) is 0. The first-order valence-corrected chi connectivity index (χ1v) is 11.6. The van der Waals surface area contributed by atoms with Crippen LogP contribution in [0.2, 0.25) is 0 Å². The SMILES string of the molecule is CC1(C(=O)O)CC(F)(F)C1.CC1(C(N)=O)CC(F)(F)C1.NC(=O)C1(N)CC(F)(F)C1.NC1(C(=O)O)CC(F)(F)C1. The van der Waals surface area contributed by atoms with Gasteiger partial charge in [-0.15, -0.1) is 0 Å². The molecule has 4 fully saturated rings. The summed E-state index contributed by atoms with van der Waals surface area (Å²) in [5.41, 5.74) is 14.6. The van der Waals surface area contributed by atoms with E-state index in [1.807, 2.05) is 0 Å². The van der Waals surface area contributed by atoms with Gasteiger partial charge in [-0.05, 0) is 6.92 Å². The molecule has 4 saturated carbocycles. The Morgan fingerprint density at radius 1 is 0.500 bits per heavy atom. The monoisotopic (exact) mass is 600 g/mol. The number of rotatable bonds is 4. The molecular formula is C22H32F8N4O6. The standard InChI is InChI=1S/C6H9F2NO.C6H8F2O2.C5H8F2N2O.C5H7F2NO2/c2*1-5(4(9)10)2-6(7,8)3-5;6-5(7)1-4(9,2-5)3(8)10;6-5(7)1-4(8,2-5)3(9)10/h2-3H2,1H3,(H2,9,10);2-3H2,1H3,(H,9,10);1-2,9H2,(H2,8,10);1-2,8H2,(H,9,10). The minimum Gasteiger partial charge on any atom is -0.481 e. The van der Waals surface area contributed by atoms with Crippen LogP contribution in [-0.4, -0.2) is 68.7 Å². The van der Waals surface area contributed by atoms with Gasteiger partial charge in [-0.1, -0.05) is 6.92 Å². The average Bonchev–Trinajstić information content (AvgIpc) is 2.62. The Hall–Kier alpha value is -2.76. The van der Waals surface area contributed by atoms with Crippen molar-refractivity contribution in [3.05, 3.63) is 0 Å². The molecule has 0 radical (unpaired) electrons. The lowest BCUT2D eigenvalue weighted by atomic mass is 9.67. The van der Waals surface area contributed by atoms with Crippen LogP contribution in [0.1, 0.15) is 65.2 Å². The Morgan fingerprint density at radius 3 is 0.875 bits per heavy atom. The molecule has 0 aromatic rings. The van der Waals surface area contributed by atoms with Crippen molar-refractivity contribution in [2.75, 3.05) is 0 Å². The first-order chi connectivity index (χ1) is 17.4. The lowest BCUT2D eigenvalue weighted by molar-refractivity contribution is -0.189. The zero-order valence-corrected chi connectivity index (χ0v) is 21.5. The van der Waals surface area contributed by atoms with Crippen LogP contribution in [0.4, 0.5) is 35.1 Å². The van der Waals surface area contributed by atoms with Gasteiger partial charge < -0.3 is 33.1 Å². The van der Waals surface area contributed by atoms with E-state index in [4.69, 9.17) is 33.1 Å². The Labute approximate surface area is 222 Å². The molecule has 0 heterocycles. The van der Waals surface area contributed by atoms with Crippen molar-refractivity contribution < 1.29 is 64.5 Å². The van der Waals surface area contributed by atoms with Crippen molar-refractivity contribution in [3.63, 3.8) is 0 Å². The number of primary amides is 2. The Balaban J connectivity index is 0.000000267. The van der Waals surface area contributed by atoms with E-state index in [0.717, 1.165) is 0 Å². The fraction of sp³-hybridized carbons (Fsp3) is 0.818. The number of carboxylic acids is 2. The number of carboxylic acid groups (broad SMARTS) is 2. The van der Waals surface area contributed by atoms with Crippen molar-refractivity contribution in [3.8, 4) is 0 Å². The van der Waals surface area contributed by atoms with Gasteiger partial charge in [-0.2, -0.15) is 0 Å². The van der Waals surface area contributed by atoms with Crippen LogP contribution in [0.5, 0.6) is 0 Å². The predicted octanol–water partition coefficient (Wildman–Crippen LogP) is 2.21. The molecule has 10 nitrogen and oxygen atoms in total. The van der Waals surface area contributed by atoms with Gasteiger partial charge in [0.2, 0.25) is 23.7 Å². The van der Waals surface area contributed by atoms with Gasteiger partial charge >= 0.3 is 11.9 Å². The third-order valence-corrected chi connectivity index (χ3v) is 6.92. The second-order valence-electron chi connectivity index (χ2n) is 11.6. The van der Waals surface area contributed by atoms with E-state index < -0.39 is 121 Å². The zero-order valence-electron chi connectivity index (χ0n) is 21.5. The van der Waals surface area contributed by atoms with Crippen molar-refractivity contribution >= 4 is 23.8 Å². The molecule has 10 N–H and O–H groups in total. The number of alkyl halides is 8. The smallest absolute Gasteiger partial charge is 0.324 e. The van der Waals surface area contributed by atoms with E-state index in [-0.39, 0.29) is 0 Å². The molecule has 0 spiro atoms. The van der Waals surface area contributed by atoms with Crippen LogP contribution in [-0.2, 0) is 19.2 Å². The lowest BCUT2D eigenvalue weighted by Gasteiger charge is -2.42. The molecular weight excluding hydrogens is 568 g/mol. The zero-order chi connectivity index (χ0) is 32.0. The molecule has 2 amide bonds. The number of aliphatic carboxylic acids is 2. The Kier molecular flexibility index (Phi) is 9.32. The van der Waals surface area contributed by atoms with Crippen LogP contribution in [0, 0.1) is 10.8 Å². The molecule has 0 aromatic heterocycles. The largest absolute Gasteiger partial charge is 0.481 e. The molecule has 4 aliphatic rings. The summed E-state index contributed by atoms with van der Waals surface area (Å²) >= 11 is 0. The average molecular weight is 601 g/mol. The van der Waals surface area contributed by atoms with Crippen molar-refractivity contribution in [2.24, 2.45) is 33.8 Å². The van der Waals surface area contributed by atoms with E-state index >= 15 is 0 Å². The van der Waals surface area contributed by atoms with Crippen LogP contribution in [0.15, 0.2) is 0 Å². The number of hydrogen-bond donors (Lipinski definition) is 6. The summed E-state index contributed by atoms with van der Waals surface area (Å²) in [5, 5.41) is 16.7. The topological polar surface area (TPSA) is 213 Å². The molecule has 4 aliphatic carbocycles. The van der Waals surface area contributed by atoms with Crippen LogP contribution >= 0.6 is 0 Å². The van der Waals surface area contributed by atoms with Gasteiger partial charge in [0, 0.05) is 51.4 Å². The van der Waals surface area contributed by atoms with Gasteiger partial charge in [0.15, 0.2) is 0 Å². The highest BCUT2D eigenvalue weighted by molar-refractivity contribution is 5.86.